The lowest BCUT2D eigenvalue weighted by Crippen LogP contribution is -2.25. The monoisotopic (exact) mass is 269 g/mol. The molecule has 0 saturated carbocycles. The second-order valence-corrected chi connectivity index (χ2v) is 5.31. The summed E-state index contributed by atoms with van der Waals surface area (Å²) in [5.74, 6) is 0. The van der Waals surface area contributed by atoms with E-state index < -0.39 is 0 Å². The topological polar surface area (TPSA) is 37.8 Å². The number of hydrogen-bond donors (Lipinski definition) is 1. The van der Waals surface area contributed by atoms with Crippen LogP contribution in [0, 0.1) is 20.8 Å². The lowest BCUT2D eigenvalue weighted by atomic mass is 9.94. The Morgan fingerprint density at radius 2 is 1.85 bits per heavy atom. The minimum Gasteiger partial charge on any atom is -0.305 e. The summed E-state index contributed by atoms with van der Waals surface area (Å²) in [7, 11) is 0. The summed E-state index contributed by atoms with van der Waals surface area (Å²) in [6, 6.07) is 6.66. The molecule has 0 saturated heterocycles. The number of nitrogens with one attached hydrogen (secondary N) is 1. The molecule has 0 aliphatic carbocycles. The Morgan fingerprint density at radius 3 is 2.50 bits per heavy atom. The van der Waals surface area contributed by atoms with Crippen molar-refractivity contribution in [1.82, 2.24) is 15.3 Å². The molecule has 1 unspecified atom stereocenters. The van der Waals surface area contributed by atoms with Crippen LogP contribution in [0.5, 0.6) is 0 Å². The highest BCUT2D eigenvalue weighted by atomic mass is 15.0. The Labute approximate surface area is 121 Å². The summed E-state index contributed by atoms with van der Waals surface area (Å²) < 4.78 is 0. The molecular weight excluding hydrogens is 246 g/mol. The number of nitrogens with zero attached hydrogens (tertiary/aromatic N) is 2. The molecule has 1 N–H and O–H groups in total. The molecule has 106 valence electrons. The van der Waals surface area contributed by atoms with E-state index in [0.717, 1.165) is 18.7 Å². The first-order chi connectivity index (χ1) is 9.63. The van der Waals surface area contributed by atoms with Crippen LogP contribution in [-0.2, 0) is 0 Å². The maximum atomic E-state index is 4.43. The normalized spacial score (nSPS) is 12.4. The number of aryl methyl sites for hydroxylation is 3. The lowest BCUT2D eigenvalue weighted by Gasteiger charge is -2.21. The molecular formula is C17H23N3. The van der Waals surface area contributed by atoms with Gasteiger partial charge in [-0.25, -0.2) is 9.97 Å². The molecule has 1 aromatic heterocycles. The third-order valence-corrected chi connectivity index (χ3v) is 3.69. The highest BCUT2D eigenvalue weighted by Crippen LogP contribution is 2.26. The first-order valence-corrected chi connectivity index (χ1v) is 7.20. The zero-order chi connectivity index (χ0) is 14.5. The molecule has 0 aliphatic rings. The SMILES string of the molecule is CCCNC(c1ccncn1)c1cc(C)c(C)cc1C. The van der Waals surface area contributed by atoms with Gasteiger partial charge in [-0.2, -0.15) is 0 Å². The zero-order valence-corrected chi connectivity index (χ0v) is 12.8. The van der Waals surface area contributed by atoms with Crippen LogP contribution in [-0.4, -0.2) is 16.5 Å². The van der Waals surface area contributed by atoms with E-state index in [2.05, 4.69) is 55.1 Å². The van der Waals surface area contributed by atoms with Crippen molar-refractivity contribution in [2.75, 3.05) is 6.54 Å². The molecule has 2 aromatic rings. The predicted octanol–water partition coefficient (Wildman–Crippen LogP) is 3.49. The summed E-state index contributed by atoms with van der Waals surface area (Å²) in [6.45, 7) is 9.64. The van der Waals surface area contributed by atoms with Gasteiger partial charge in [0.15, 0.2) is 0 Å². The molecule has 2 rings (SSSR count). The molecule has 0 bridgehead atoms. The van der Waals surface area contributed by atoms with Crippen LogP contribution in [0.15, 0.2) is 30.7 Å². The van der Waals surface area contributed by atoms with E-state index in [9.17, 15) is 0 Å². The second kappa shape index (κ2) is 6.62. The molecule has 0 amide bonds. The first kappa shape index (κ1) is 14.7. The van der Waals surface area contributed by atoms with Crippen molar-refractivity contribution in [2.45, 2.75) is 40.2 Å². The second-order valence-electron chi connectivity index (χ2n) is 5.31. The fourth-order valence-corrected chi connectivity index (χ4v) is 2.43. The predicted molar refractivity (Wildman–Crippen MR) is 82.8 cm³/mol. The highest BCUT2D eigenvalue weighted by molar-refractivity contribution is 5.41. The van der Waals surface area contributed by atoms with E-state index in [1.54, 1.807) is 12.5 Å². The van der Waals surface area contributed by atoms with Crippen LogP contribution in [0.25, 0.3) is 0 Å². The van der Waals surface area contributed by atoms with Crippen molar-refractivity contribution >= 4 is 0 Å². The molecule has 3 nitrogen and oxygen atoms in total. The van der Waals surface area contributed by atoms with Crippen LogP contribution >= 0.6 is 0 Å². The smallest absolute Gasteiger partial charge is 0.115 e. The fourth-order valence-electron chi connectivity index (χ4n) is 2.43. The third kappa shape index (κ3) is 3.23. The van der Waals surface area contributed by atoms with Crippen LogP contribution in [0.2, 0.25) is 0 Å². The summed E-state index contributed by atoms with van der Waals surface area (Å²) in [5.41, 5.74) is 6.30. The average molecular weight is 269 g/mol. The summed E-state index contributed by atoms with van der Waals surface area (Å²) in [5, 5.41) is 3.60. The Balaban J connectivity index is 2.44. The van der Waals surface area contributed by atoms with E-state index >= 15 is 0 Å². The fraction of sp³-hybridized carbons (Fsp3) is 0.412. The molecule has 1 aromatic carbocycles. The number of hydrogen-bond acceptors (Lipinski definition) is 3. The molecule has 0 radical (unpaired) electrons. The number of aromatic nitrogens is 2. The molecule has 20 heavy (non-hydrogen) atoms. The lowest BCUT2D eigenvalue weighted by molar-refractivity contribution is 0.582. The van der Waals surface area contributed by atoms with Crippen molar-refractivity contribution < 1.29 is 0 Å². The summed E-state index contributed by atoms with van der Waals surface area (Å²) >= 11 is 0. The van der Waals surface area contributed by atoms with Crippen molar-refractivity contribution in [3.63, 3.8) is 0 Å². The minimum absolute atomic E-state index is 0.136. The van der Waals surface area contributed by atoms with E-state index in [1.807, 2.05) is 6.07 Å². The quantitative estimate of drug-likeness (QED) is 0.903. The van der Waals surface area contributed by atoms with Gasteiger partial charge in [-0.1, -0.05) is 19.1 Å². The maximum Gasteiger partial charge on any atom is 0.115 e. The van der Waals surface area contributed by atoms with Crippen LogP contribution < -0.4 is 5.32 Å². The Hall–Kier alpha value is -1.74. The van der Waals surface area contributed by atoms with Crippen LogP contribution in [0.4, 0.5) is 0 Å². The van der Waals surface area contributed by atoms with Crippen molar-refractivity contribution in [2.24, 2.45) is 0 Å². The largest absolute Gasteiger partial charge is 0.305 e. The van der Waals surface area contributed by atoms with Crippen LogP contribution in [0.3, 0.4) is 0 Å². The maximum absolute atomic E-state index is 4.43. The molecule has 3 heteroatoms. The first-order valence-electron chi connectivity index (χ1n) is 7.20. The van der Waals surface area contributed by atoms with Gasteiger partial charge >= 0.3 is 0 Å². The molecule has 1 atom stereocenters. The molecule has 0 aliphatic heterocycles. The van der Waals surface area contributed by atoms with E-state index in [1.165, 1.54) is 22.3 Å². The minimum atomic E-state index is 0.136. The molecule has 0 spiro atoms. The Bertz CT molecular complexity index is 564. The van der Waals surface area contributed by atoms with E-state index in [-0.39, 0.29) is 6.04 Å². The Kier molecular flexibility index (Phi) is 4.85. The van der Waals surface area contributed by atoms with Gasteiger partial charge in [0.05, 0.1) is 11.7 Å². The molecule has 1 heterocycles. The van der Waals surface area contributed by atoms with Crippen molar-refractivity contribution in [1.29, 1.82) is 0 Å². The van der Waals surface area contributed by atoms with Crippen molar-refractivity contribution in [3.8, 4) is 0 Å². The van der Waals surface area contributed by atoms with Gasteiger partial charge in [0.25, 0.3) is 0 Å². The summed E-state index contributed by atoms with van der Waals surface area (Å²) in [6.07, 6.45) is 4.52. The van der Waals surface area contributed by atoms with Gasteiger partial charge in [-0.3, -0.25) is 0 Å². The third-order valence-electron chi connectivity index (χ3n) is 3.69. The number of rotatable bonds is 5. The van der Waals surface area contributed by atoms with Gasteiger partial charge in [-0.15, -0.1) is 0 Å². The standard InChI is InChI=1S/C17H23N3/c1-5-7-19-17(16-6-8-18-11-20-16)15-10-13(3)12(2)9-14(15)4/h6,8-11,17,19H,5,7H2,1-4H3. The molecule has 0 fully saturated rings. The van der Waals surface area contributed by atoms with E-state index in [0.29, 0.717) is 0 Å². The van der Waals surface area contributed by atoms with E-state index in [4.69, 9.17) is 0 Å². The van der Waals surface area contributed by atoms with Gasteiger partial charge in [0.1, 0.15) is 6.33 Å². The van der Waals surface area contributed by atoms with Gasteiger partial charge in [-0.05, 0) is 62.1 Å². The number of benzene rings is 1. The highest BCUT2D eigenvalue weighted by Gasteiger charge is 2.17. The van der Waals surface area contributed by atoms with Gasteiger partial charge < -0.3 is 5.32 Å². The average Bonchev–Trinajstić information content (AvgIpc) is 2.45. The zero-order valence-electron chi connectivity index (χ0n) is 12.8. The summed E-state index contributed by atoms with van der Waals surface area (Å²) in [4.78, 5) is 8.44. The van der Waals surface area contributed by atoms with Crippen LogP contribution in [0.1, 0.15) is 47.3 Å². The van der Waals surface area contributed by atoms with Gasteiger partial charge in [0.2, 0.25) is 0 Å². The van der Waals surface area contributed by atoms with Gasteiger partial charge in [0, 0.05) is 6.20 Å². The van der Waals surface area contributed by atoms with Crippen molar-refractivity contribution in [3.05, 3.63) is 58.7 Å². The Morgan fingerprint density at radius 1 is 1.10 bits per heavy atom.